The number of carbonyl (C=O) groups excluding carboxylic acids is 2. The lowest BCUT2D eigenvalue weighted by atomic mass is 9.95. The second kappa shape index (κ2) is 12.8. The van der Waals surface area contributed by atoms with Crippen LogP contribution in [0.3, 0.4) is 0 Å². The summed E-state index contributed by atoms with van der Waals surface area (Å²) in [5.74, 6) is 1.16. The number of aryl methyl sites for hydroxylation is 1. The minimum absolute atomic E-state index is 0.0519. The van der Waals surface area contributed by atoms with Crippen LogP contribution in [0.4, 0.5) is 0 Å². The highest BCUT2D eigenvalue weighted by Gasteiger charge is 2.28. The summed E-state index contributed by atoms with van der Waals surface area (Å²) >= 11 is 3.46. The van der Waals surface area contributed by atoms with Crippen LogP contribution in [0.25, 0.3) is 0 Å². The topological polar surface area (TPSA) is 67.9 Å². The number of carbonyl (C=O) groups is 2. The highest BCUT2D eigenvalue weighted by atomic mass is 79.9. The second-order valence-corrected chi connectivity index (χ2v) is 9.77. The van der Waals surface area contributed by atoms with Gasteiger partial charge in [-0.05, 0) is 61.6 Å². The van der Waals surface area contributed by atoms with Crippen LogP contribution in [0.1, 0.15) is 56.6 Å². The molecule has 1 N–H and O–H groups in total. The van der Waals surface area contributed by atoms with E-state index in [9.17, 15) is 9.59 Å². The van der Waals surface area contributed by atoms with Gasteiger partial charge in [0.05, 0.1) is 14.2 Å². The van der Waals surface area contributed by atoms with Crippen molar-refractivity contribution in [1.29, 1.82) is 0 Å². The van der Waals surface area contributed by atoms with Crippen LogP contribution < -0.4 is 14.8 Å². The molecule has 0 heterocycles. The summed E-state index contributed by atoms with van der Waals surface area (Å²) in [6.45, 7) is 2.21. The van der Waals surface area contributed by atoms with E-state index < -0.39 is 6.04 Å². The number of nitrogens with one attached hydrogen (secondary N) is 1. The Hall–Kier alpha value is -2.54. The van der Waals surface area contributed by atoms with E-state index in [2.05, 4.69) is 21.2 Å². The third kappa shape index (κ3) is 7.23. The number of methoxy groups -OCH3 is 2. The number of nitrogens with zero attached hydrogens (tertiary/aromatic N) is 1. The normalized spacial score (nSPS) is 14.8. The van der Waals surface area contributed by atoms with Crippen LogP contribution in [0.15, 0.2) is 46.9 Å². The zero-order valence-electron chi connectivity index (χ0n) is 20.3. The van der Waals surface area contributed by atoms with Gasteiger partial charge < -0.3 is 19.7 Å². The molecular weight excluding hydrogens is 496 g/mol. The third-order valence-corrected chi connectivity index (χ3v) is 6.99. The molecular formula is C27H35BrN2O4. The number of ether oxygens (including phenoxy) is 2. The lowest BCUT2D eigenvalue weighted by molar-refractivity contribution is -0.141. The van der Waals surface area contributed by atoms with Crippen molar-refractivity contribution in [3.05, 3.63) is 58.1 Å². The molecule has 2 aromatic rings. The number of halogens is 1. The molecule has 184 valence electrons. The molecule has 1 atom stereocenters. The number of benzene rings is 2. The van der Waals surface area contributed by atoms with Gasteiger partial charge in [0.25, 0.3) is 0 Å². The summed E-state index contributed by atoms with van der Waals surface area (Å²) in [7, 11) is 3.19. The number of rotatable bonds is 10. The fourth-order valence-electron chi connectivity index (χ4n) is 4.37. The molecule has 1 fully saturated rings. The molecule has 0 aromatic heterocycles. The molecule has 34 heavy (non-hydrogen) atoms. The van der Waals surface area contributed by atoms with Gasteiger partial charge in [0.1, 0.15) is 6.04 Å². The molecule has 3 rings (SSSR count). The first-order chi connectivity index (χ1) is 16.4. The summed E-state index contributed by atoms with van der Waals surface area (Å²) in [6.07, 6.45) is 6.39. The first-order valence-electron chi connectivity index (χ1n) is 12.0. The van der Waals surface area contributed by atoms with Gasteiger partial charge in [0.2, 0.25) is 11.8 Å². The Kier molecular flexibility index (Phi) is 9.81. The van der Waals surface area contributed by atoms with Crippen molar-refractivity contribution in [2.75, 3.05) is 14.2 Å². The third-order valence-electron chi connectivity index (χ3n) is 6.46. The molecule has 0 spiro atoms. The zero-order chi connectivity index (χ0) is 24.5. The molecule has 1 unspecified atom stereocenters. The molecule has 7 heteroatoms. The predicted octanol–water partition coefficient (Wildman–Crippen LogP) is 5.27. The Labute approximate surface area is 211 Å². The molecule has 0 saturated heterocycles. The monoisotopic (exact) mass is 530 g/mol. The van der Waals surface area contributed by atoms with Gasteiger partial charge in [-0.15, -0.1) is 0 Å². The Morgan fingerprint density at radius 1 is 1.00 bits per heavy atom. The Morgan fingerprint density at radius 2 is 1.65 bits per heavy atom. The minimum atomic E-state index is -0.552. The van der Waals surface area contributed by atoms with E-state index in [0.29, 0.717) is 30.9 Å². The Bertz CT molecular complexity index is 958. The van der Waals surface area contributed by atoms with E-state index in [0.717, 1.165) is 41.3 Å². The molecule has 2 aromatic carbocycles. The average Bonchev–Trinajstić information content (AvgIpc) is 2.86. The van der Waals surface area contributed by atoms with Crippen molar-refractivity contribution in [3.8, 4) is 11.5 Å². The van der Waals surface area contributed by atoms with Crippen LogP contribution >= 0.6 is 15.9 Å². The minimum Gasteiger partial charge on any atom is -0.493 e. The molecule has 0 bridgehead atoms. The molecule has 6 nitrogen and oxygen atoms in total. The van der Waals surface area contributed by atoms with Crippen molar-refractivity contribution in [2.24, 2.45) is 0 Å². The van der Waals surface area contributed by atoms with Gasteiger partial charge in [0, 0.05) is 23.5 Å². The summed E-state index contributed by atoms with van der Waals surface area (Å²) in [5.41, 5.74) is 1.97. The number of amides is 2. The van der Waals surface area contributed by atoms with Crippen molar-refractivity contribution in [1.82, 2.24) is 10.2 Å². The Balaban J connectivity index is 1.71. The van der Waals surface area contributed by atoms with E-state index in [-0.39, 0.29) is 17.9 Å². The maximum atomic E-state index is 13.4. The SMILES string of the molecule is COc1ccc(CCC(=O)N(Cc2ccc(Br)cc2)C(C)C(=O)NC2CCCCC2)cc1OC. The Morgan fingerprint density at radius 3 is 2.29 bits per heavy atom. The fraction of sp³-hybridized carbons (Fsp3) is 0.481. The van der Waals surface area contributed by atoms with Gasteiger partial charge in [0.15, 0.2) is 11.5 Å². The first kappa shape index (κ1) is 26.1. The lowest BCUT2D eigenvalue weighted by Crippen LogP contribution is -2.50. The van der Waals surface area contributed by atoms with E-state index in [1.54, 1.807) is 19.1 Å². The average molecular weight is 531 g/mol. The highest BCUT2D eigenvalue weighted by Crippen LogP contribution is 2.28. The van der Waals surface area contributed by atoms with Crippen molar-refractivity contribution in [3.63, 3.8) is 0 Å². The largest absolute Gasteiger partial charge is 0.493 e. The number of hydrogen-bond acceptors (Lipinski definition) is 4. The molecule has 2 amide bonds. The number of hydrogen-bond donors (Lipinski definition) is 1. The van der Waals surface area contributed by atoms with E-state index in [1.165, 1.54) is 6.42 Å². The van der Waals surface area contributed by atoms with Crippen molar-refractivity contribution < 1.29 is 19.1 Å². The summed E-state index contributed by atoms with van der Waals surface area (Å²) < 4.78 is 11.7. The fourth-order valence-corrected chi connectivity index (χ4v) is 4.63. The lowest BCUT2D eigenvalue weighted by Gasteiger charge is -2.31. The molecule has 0 aliphatic heterocycles. The van der Waals surface area contributed by atoms with Crippen molar-refractivity contribution in [2.45, 2.75) is 70.5 Å². The van der Waals surface area contributed by atoms with Gasteiger partial charge in [-0.2, -0.15) is 0 Å². The maximum Gasteiger partial charge on any atom is 0.242 e. The smallest absolute Gasteiger partial charge is 0.242 e. The van der Waals surface area contributed by atoms with Gasteiger partial charge in [-0.25, -0.2) is 0 Å². The molecule has 0 radical (unpaired) electrons. The zero-order valence-corrected chi connectivity index (χ0v) is 21.9. The van der Waals surface area contributed by atoms with Gasteiger partial charge in [-0.3, -0.25) is 9.59 Å². The van der Waals surface area contributed by atoms with Gasteiger partial charge >= 0.3 is 0 Å². The van der Waals surface area contributed by atoms with Gasteiger partial charge in [-0.1, -0.05) is 53.4 Å². The van der Waals surface area contributed by atoms with E-state index in [4.69, 9.17) is 9.47 Å². The molecule has 1 aliphatic rings. The molecule has 1 saturated carbocycles. The summed E-state index contributed by atoms with van der Waals surface area (Å²) in [4.78, 5) is 28.2. The second-order valence-electron chi connectivity index (χ2n) is 8.86. The van der Waals surface area contributed by atoms with Crippen LogP contribution in [0.2, 0.25) is 0 Å². The van der Waals surface area contributed by atoms with E-state index >= 15 is 0 Å². The van der Waals surface area contributed by atoms with Crippen LogP contribution in [-0.4, -0.2) is 43.0 Å². The quantitative estimate of drug-likeness (QED) is 0.454. The summed E-state index contributed by atoms with van der Waals surface area (Å²) in [5, 5.41) is 3.18. The van der Waals surface area contributed by atoms with E-state index in [1.807, 2.05) is 49.4 Å². The maximum absolute atomic E-state index is 13.4. The first-order valence-corrected chi connectivity index (χ1v) is 12.8. The highest BCUT2D eigenvalue weighted by molar-refractivity contribution is 9.10. The standard InChI is InChI=1S/C27H35BrN2O4/c1-19(27(32)29-23-7-5-4-6-8-23)30(18-21-9-13-22(28)14-10-21)26(31)16-12-20-11-15-24(33-2)25(17-20)34-3/h9-11,13-15,17,19,23H,4-8,12,16,18H2,1-3H3,(H,29,32). The predicted molar refractivity (Wildman–Crippen MR) is 137 cm³/mol. The molecule has 1 aliphatic carbocycles. The van der Waals surface area contributed by atoms with Crippen LogP contribution in [0, 0.1) is 0 Å². The van der Waals surface area contributed by atoms with Crippen LogP contribution in [-0.2, 0) is 22.6 Å². The van der Waals surface area contributed by atoms with Crippen molar-refractivity contribution >= 4 is 27.7 Å². The van der Waals surface area contributed by atoms with Crippen LogP contribution in [0.5, 0.6) is 11.5 Å². The summed E-state index contributed by atoms with van der Waals surface area (Å²) in [6, 6.07) is 13.2.